The molecule has 1 aromatic carbocycles. The quantitative estimate of drug-likeness (QED) is 0.839. The molecule has 0 aliphatic carbocycles. The van der Waals surface area contributed by atoms with Gasteiger partial charge in [-0.2, -0.15) is 5.10 Å². The van der Waals surface area contributed by atoms with Crippen molar-refractivity contribution in [2.75, 3.05) is 56.2 Å². The van der Waals surface area contributed by atoms with E-state index in [4.69, 9.17) is 4.74 Å². The average Bonchev–Trinajstić information content (AvgIpc) is 2.79. The summed E-state index contributed by atoms with van der Waals surface area (Å²) in [7, 11) is 1.67. The summed E-state index contributed by atoms with van der Waals surface area (Å²) >= 11 is 0. The van der Waals surface area contributed by atoms with Crippen molar-refractivity contribution in [2.45, 2.75) is 12.8 Å². The summed E-state index contributed by atoms with van der Waals surface area (Å²) < 4.78 is 5.32. The van der Waals surface area contributed by atoms with Crippen LogP contribution in [0.5, 0.6) is 5.75 Å². The molecule has 0 bridgehead atoms. The third-order valence-electron chi connectivity index (χ3n) is 5.80. The molecule has 4 rings (SSSR count). The molecule has 29 heavy (non-hydrogen) atoms. The van der Waals surface area contributed by atoms with Gasteiger partial charge in [-0.05, 0) is 25.0 Å². The monoisotopic (exact) mass is 397 g/mol. The molecule has 1 aromatic heterocycles. The highest BCUT2D eigenvalue weighted by atomic mass is 16.5. The molecule has 1 atom stereocenters. The van der Waals surface area contributed by atoms with Gasteiger partial charge >= 0.3 is 0 Å². The summed E-state index contributed by atoms with van der Waals surface area (Å²) in [5.74, 6) is 1.03. The maximum Gasteiger partial charge on any atom is 0.266 e. The van der Waals surface area contributed by atoms with Gasteiger partial charge in [-0.15, -0.1) is 0 Å². The number of hydrogen-bond donors (Lipinski definition) is 1. The second-order valence-corrected chi connectivity index (χ2v) is 7.60. The summed E-state index contributed by atoms with van der Waals surface area (Å²) in [5, 5.41) is 6.28. The third-order valence-corrected chi connectivity index (χ3v) is 5.80. The number of methoxy groups -OCH3 is 1. The highest BCUT2D eigenvalue weighted by Gasteiger charge is 2.31. The number of aromatic amines is 1. The van der Waals surface area contributed by atoms with E-state index in [1.54, 1.807) is 19.4 Å². The maximum absolute atomic E-state index is 13.1. The van der Waals surface area contributed by atoms with Gasteiger partial charge in [0.15, 0.2) is 0 Å². The van der Waals surface area contributed by atoms with E-state index in [2.05, 4.69) is 26.1 Å². The van der Waals surface area contributed by atoms with Gasteiger partial charge in [0.2, 0.25) is 5.91 Å². The lowest BCUT2D eigenvalue weighted by molar-refractivity contribution is -0.136. The Morgan fingerprint density at radius 3 is 2.69 bits per heavy atom. The van der Waals surface area contributed by atoms with Crippen LogP contribution in [-0.2, 0) is 4.79 Å². The summed E-state index contributed by atoms with van der Waals surface area (Å²) in [4.78, 5) is 31.0. The van der Waals surface area contributed by atoms with Crippen molar-refractivity contribution in [1.82, 2.24) is 15.1 Å². The van der Waals surface area contributed by atoms with Crippen LogP contribution in [0, 0.1) is 5.92 Å². The van der Waals surface area contributed by atoms with Crippen LogP contribution >= 0.6 is 0 Å². The summed E-state index contributed by atoms with van der Waals surface area (Å²) in [6, 6.07) is 9.59. The fourth-order valence-corrected chi connectivity index (χ4v) is 4.20. The number of carbonyl (C=O) groups is 1. The lowest BCUT2D eigenvalue weighted by atomic mass is 9.96. The van der Waals surface area contributed by atoms with Crippen molar-refractivity contribution >= 4 is 17.3 Å². The Morgan fingerprint density at radius 1 is 1.10 bits per heavy atom. The van der Waals surface area contributed by atoms with Gasteiger partial charge in [0, 0.05) is 57.1 Å². The van der Waals surface area contributed by atoms with Gasteiger partial charge in [0.05, 0.1) is 24.9 Å². The molecule has 1 N–H and O–H groups in total. The van der Waals surface area contributed by atoms with E-state index in [9.17, 15) is 9.59 Å². The van der Waals surface area contributed by atoms with Gasteiger partial charge < -0.3 is 19.4 Å². The van der Waals surface area contributed by atoms with Gasteiger partial charge in [-0.1, -0.05) is 6.07 Å². The van der Waals surface area contributed by atoms with Crippen LogP contribution < -0.4 is 20.1 Å². The minimum Gasteiger partial charge on any atom is -0.497 e. The molecule has 8 heteroatoms. The first-order chi connectivity index (χ1) is 14.1. The highest BCUT2D eigenvalue weighted by Crippen LogP contribution is 2.25. The average molecular weight is 397 g/mol. The molecule has 0 saturated carbocycles. The zero-order chi connectivity index (χ0) is 20.2. The predicted molar refractivity (Wildman–Crippen MR) is 112 cm³/mol. The Balaban J connectivity index is 1.36. The van der Waals surface area contributed by atoms with Gasteiger partial charge in [0.25, 0.3) is 5.56 Å². The minimum atomic E-state index is -0.218. The zero-order valence-electron chi connectivity index (χ0n) is 16.7. The molecule has 2 saturated heterocycles. The Morgan fingerprint density at radius 2 is 1.93 bits per heavy atom. The topological polar surface area (TPSA) is 81.8 Å². The number of benzene rings is 1. The SMILES string of the molecule is COc1cccc(N2CCN(C(=O)[C@@H]3CCCN(c4cn[nH]c(=O)c4)C3)CC2)c1. The molecule has 1 amide bonds. The zero-order valence-corrected chi connectivity index (χ0v) is 16.7. The van der Waals surface area contributed by atoms with Crippen LogP contribution in [0.3, 0.4) is 0 Å². The first-order valence-electron chi connectivity index (χ1n) is 10.1. The van der Waals surface area contributed by atoms with E-state index < -0.39 is 0 Å². The molecular weight excluding hydrogens is 370 g/mol. The smallest absolute Gasteiger partial charge is 0.266 e. The van der Waals surface area contributed by atoms with E-state index in [-0.39, 0.29) is 17.4 Å². The van der Waals surface area contributed by atoms with Crippen LogP contribution in [-0.4, -0.2) is 67.4 Å². The summed E-state index contributed by atoms with van der Waals surface area (Å²) in [6.07, 6.45) is 3.48. The van der Waals surface area contributed by atoms with E-state index in [1.165, 1.54) is 0 Å². The summed E-state index contributed by atoms with van der Waals surface area (Å²) in [5.41, 5.74) is 1.70. The molecular formula is C21H27N5O3. The van der Waals surface area contributed by atoms with Gasteiger partial charge in [0.1, 0.15) is 5.75 Å². The summed E-state index contributed by atoms with van der Waals surface area (Å²) in [6.45, 7) is 4.55. The number of aromatic nitrogens is 2. The van der Waals surface area contributed by atoms with E-state index >= 15 is 0 Å². The number of anilines is 2. The van der Waals surface area contributed by atoms with Crippen LogP contribution in [0.2, 0.25) is 0 Å². The van der Waals surface area contributed by atoms with Crippen LogP contribution in [0.1, 0.15) is 12.8 Å². The van der Waals surface area contributed by atoms with Crippen molar-refractivity contribution in [1.29, 1.82) is 0 Å². The predicted octanol–water partition coefficient (Wildman–Crippen LogP) is 1.34. The molecule has 0 radical (unpaired) electrons. The molecule has 0 unspecified atom stereocenters. The third kappa shape index (κ3) is 4.36. The number of rotatable bonds is 4. The molecule has 2 aliphatic rings. The Labute approximate surface area is 170 Å². The number of piperazine rings is 1. The number of nitrogens with zero attached hydrogens (tertiary/aromatic N) is 4. The van der Waals surface area contributed by atoms with Crippen molar-refractivity contribution < 1.29 is 9.53 Å². The number of ether oxygens (including phenoxy) is 1. The number of hydrogen-bond acceptors (Lipinski definition) is 6. The van der Waals surface area contributed by atoms with Crippen molar-refractivity contribution in [3.05, 3.63) is 46.9 Å². The molecule has 154 valence electrons. The number of carbonyl (C=O) groups excluding carboxylic acids is 1. The van der Waals surface area contributed by atoms with E-state index in [0.717, 1.165) is 62.7 Å². The maximum atomic E-state index is 13.1. The fraction of sp³-hybridized carbons (Fsp3) is 0.476. The number of piperidine rings is 1. The first kappa shape index (κ1) is 19.3. The lowest BCUT2D eigenvalue weighted by Gasteiger charge is -2.40. The van der Waals surface area contributed by atoms with Crippen molar-refractivity contribution in [3.8, 4) is 5.75 Å². The Bertz CT molecular complexity index is 907. The minimum absolute atomic E-state index is 0.0357. The normalized spacial score (nSPS) is 19.9. The lowest BCUT2D eigenvalue weighted by Crippen LogP contribution is -2.52. The molecule has 0 spiro atoms. The number of nitrogens with one attached hydrogen (secondary N) is 1. The van der Waals surface area contributed by atoms with E-state index in [1.807, 2.05) is 23.1 Å². The molecule has 2 fully saturated rings. The van der Waals surface area contributed by atoms with E-state index in [0.29, 0.717) is 6.54 Å². The molecule has 8 nitrogen and oxygen atoms in total. The fourth-order valence-electron chi connectivity index (χ4n) is 4.20. The Hall–Kier alpha value is -3.03. The second-order valence-electron chi connectivity index (χ2n) is 7.60. The largest absolute Gasteiger partial charge is 0.497 e. The number of H-pyrrole nitrogens is 1. The van der Waals surface area contributed by atoms with Crippen molar-refractivity contribution in [2.24, 2.45) is 5.92 Å². The Kier molecular flexibility index (Phi) is 5.69. The van der Waals surface area contributed by atoms with Crippen LogP contribution in [0.4, 0.5) is 11.4 Å². The van der Waals surface area contributed by atoms with Crippen molar-refractivity contribution in [3.63, 3.8) is 0 Å². The first-order valence-corrected chi connectivity index (χ1v) is 10.1. The van der Waals surface area contributed by atoms with Gasteiger partial charge in [-0.3, -0.25) is 9.59 Å². The highest BCUT2D eigenvalue weighted by molar-refractivity contribution is 5.80. The number of amides is 1. The van der Waals surface area contributed by atoms with Crippen LogP contribution in [0.15, 0.2) is 41.3 Å². The van der Waals surface area contributed by atoms with Crippen LogP contribution in [0.25, 0.3) is 0 Å². The molecule has 3 heterocycles. The molecule has 2 aromatic rings. The standard InChI is InChI=1S/C21H27N5O3/c1-29-19-6-2-5-17(12-19)24-8-10-25(11-9-24)21(28)16-4-3-7-26(15-16)18-13-20(27)23-22-14-18/h2,5-6,12-14,16H,3-4,7-11,15H2,1H3,(H,23,27)/t16-/m1/s1. The second kappa shape index (κ2) is 8.55. The van der Waals surface area contributed by atoms with Gasteiger partial charge in [-0.25, -0.2) is 5.10 Å². The molecule has 2 aliphatic heterocycles.